The van der Waals surface area contributed by atoms with Gasteiger partial charge < -0.3 is 20.5 Å². The molecule has 0 bridgehead atoms. The van der Waals surface area contributed by atoms with Crippen LogP contribution in [0.5, 0.6) is 0 Å². The summed E-state index contributed by atoms with van der Waals surface area (Å²) in [6.07, 6.45) is 0.170. The topological polar surface area (TPSA) is 122 Å². The molecule has 0 spiro atoms. The monoisotopic (exact) mass is 424 g/mol. The van der Waals surface area contributed by atoms with Crippen molar-refractivity contribution in [2.75, 3.05) is 7.11 Å². The molecule has 0 aliphatic carbocycles. The van der Waals surface area contributed by atoms with E-state index < -0.39 is 41.1 Å². The van der Waals surface area contributed by atoms with E-state index in [9.17, 15) is 24.3 Å². The number of nitrogens with one attached hydrogen (secondary N) is 2. The number of thiol groups is 1. The number of aliphatic carboxylic acids is 1. The molecule has 1 aromatic rings. The van der Waals surface area contributed by atoms with Gasteiger partial charge in [-0.05, 0) is 17.9 Å². The zero-order valence-electron chi connectivity index (χ0n) is 16.8. The zero-order valence-corrected chi connectivity index (χ0v) is 17.6. The Morgan fingerprint density at radius 3 is 2.14 bits per heavy atom. The summed E-state index contributed by atoms with van der Waals surface area (Å²) >= 11 is 4.08. The van der Waals surface area contributed by atoms with Crippen LogP contribution < -0.4 is 10.6 Å². The summed E-state index contributed by atoms with van der Waals surface area (Å²) in [6.45, 7) is 3.75. The van der Waals surface area contributed by atoms with E-state index in [2.05, 4.69) is 28.0 Å². The first kappa shape index (κ1) is 24.5. The predicted octanol–water partition coefficient (Wildman–Crippen LogP) is 1.19. The molecule has 29 heavy (non-hydrogen) atoms. The molecule has 3 atom stereocenters. The SMILES string of the molecule is COC(=O)CC(S)C(=O)N[C@@H](CC(C)C)C(=O)N[C@@H](Cc1ccccc1)C(=O)O. The lowest BCUT2D eigenvalue weighted by atomic mass is 10.0. The van der Waals surface area contributed by atoms with Crippen LogP contribution in [0.3, 0.4) is 0 Å². The number of esters is 1. The lowest BCUT2D eigenvalue weighted by Crippen LogP contribution is -2.53. The normalized spacial score (nSPS) is 13.8. The second-order valence-corrected chi connectivity index (χ2v) is 7.70. The van der Waals surface area contributed by atoms with Crippen LogP contribution in [0.4, 0.5) is 0 Å². The highest BCUT2D eigenvalue weighted by molar-refractivity contribution is 7.81. The summed E-state index contributed by atoms with van der Waals surface area (Å²) in [5, 5.41) is 13.6. The van der Waals surface area contributed by atoms with Crippen LogP contribution in [-0.2, 0) is 30.3 Å². The molecule has 0 fully saturated rings. The van der Waals surface area contributed by atoms with Gasteiger partial charge in [0.2, 0.25) is 11.8 Å². The zero-order chi connectivity index (χ0) is 22.0. The van der Waals surface area contributed by atoms with Crippen LogP contribution in [0.2, 0.25) is 0 Å². The van der Waals surface area contributed by atoms with Gasteiger partial charge in [0.1, 0.15) is 12.1 Å². The lowest BCUT2D eigenvalue weighted by molar-refractivity contribution is -0.143. The number of carbonyl (C=O) groups is 4. The van der Waals surface area contributed by atoms with Gasteiger partial charge in [0.15, 0.2) is 0 Å². The number of rotatable bonds is 11. The number of benzene rings is 1. The molecular formula is C20H28N2O6S. The van der Waals surface area contributed by atoms with E-state index in [4.69, 9.17) is 0 Å². The Kier molecular flexibility index (Phi) is 10.2. The highest BCUT2D eigenvalue weighted by Gasteiger charge is 2.29. The minimum Gasteiger partial charge on any atom is -0.480 e. The first-order valence-electron chi connectivity index (χ1n) is 9.26. The Morgan fingerprint density at radius 1 is 1.03 bits per heavy atom. The van der Waals surface area contributed by atoms with Gasteiger partial charge in [0.05, 0.1) is 18.8 Å². The molecular weight excluding hydrogens is 396 g/mol. The van der Waals surface area contributed by atoms with Crippen molar-refractivity contribution in [3.63, 3.8) is 0 Å². The molecule has 3 N–H and O–H groups in total. The first-order valence-corrected chi connectivity index (χ1v) is 9.78. The molecule has 160 valence electrons. The van der Waals surface area contributed by atoms with Crippen LogP contribution >= 0.6 is 12.6 Å². The van der Waals surface area contributed by atoms with Crippen molar-refractivity contribution in [1.29, 1.82) is 0 Å². The Balaban J connectivity index is 2.84. The molecule has 1 rings (SSSR count). The van der Waals surface area contributed by atoms with E-state index in [0.717, 1.165) is 5.56 Å². The van der Waals surface area contributed by atoms with Gasteiger partial charge in [-0.25, -0.2) is 4.79 Å². The Morgan fingerprint density at radius 2 is 1.62 bits per heavy atom. The third-order valence-electron chi connectivity index (χ3n) is 4.13. The number of carboxylic acids is 1. The standard InChI is InChI=1S/C20H28N2O6S/c1-12(2)9-14(21-19(25)16(29)11-17(23)28-3)18(24)22-15(20(26)27)10-13-7-5-4-6-8-13/h4-8,12,14-16,29H,9-11H2,1-3H3,(H,21,25)(H,22,24)(H,26,27)/t14-,15-,16?/m0/s1. The second-order valence-electron chi connectivity index (χ2n) is 7.08. The van der Waals surface area contributed by atoms with Gasteiger partial charge >= 0.3 is 11.9 Å². The molecule has 0 aliphatic rings. The summed E-state index contributed by atoms with van der Waals surface area (Å²) in [5.41, 5.74) is 0.762. The molecule has 2 amide bonds. The van der Waals surface area contributed by atoms with Crippen LogP contribution in [0.25, 0.3) is 0 Å². The third-order valence-corrected chi connectivity index (χ3v) is 4.54. The fraction of sp³-hybridized carbons (Fsp3) is 0.500. The van der Waals surface area contributed by atoms with Crippen molar-refractivity contribution in [2.45, 2.75) is 50.4 Å². The summed E-state index contributed by atoms with van der Waals surface area (Å²) in [4.78, 5) is 48.0. The third kappa shape index (κ3) is 8.99. The van der Waals surface area contributed by atoms with Gasteiger partial charge in [-0.15, -0.1) is 0 Å². The number of amides is 2. The van der Waals surface area contributed by atoms with Crippen molar-refractivity contribution in [3.05, 3.63) is 35.9 Å². The minimum absolute atomic E-state index is 0.0578. The summed E-state index contributed by atoms with van der Waals surface area (Å²) in [6, 6.07) is 6.83. The van der Waals surface area contributed by atoms with E-state index in [0.29, 0.717) is 6.42 Å². The van der Waals surface area contributed by atoms with Gasteiger partial charge in [0, 0.05) is 6.42 Å². The van der Waals surface area contributed by atoms with Crippen molar-refractivity contribution >= 4 is 36.4 Å². The van der Waals surface area contributed by atoms with Crippen LogP contribution in [0.1, 0.15) is 32.3 Å². The highest BCUT2D eigenvalue weighted by Crippen LogP contribution is 2.10. The smallest absolute Gasteiger partial charge is 0.326 e. The summed E-state index contributed by atoms with van der Waals surface area (Å²) in [7, 11) is 1.20. The van der Waals surface area contributed by atoms with E-state index in [1.54, 1.807) is 24.3 Å². The van der Waals surface area contributed by atoms with Crippen molar-refractivity contribution in [3.8, 4) is 0 Å². The molecule has 0 radical (unpaired) electrons. The van der Waals surface area contributed by atoms with Crippen LogP contribution in [0.15, 0.2) is 30.3 Å². The number of methoxy groups -OCH3 is 1. The molecule has 0 aliphatic heterocycles. The Labute approximate surface area is 175 Å². The van der Waals surface area contributed by atoms with Gasteiger partial charge in [0.25, 0.3) is 0 Å². The molecule has 8 nitrogen and oxygen atoms in total. The molecule has 0 aromatic heterocycles. The fourth-order valence-corrected chi connectivity index (χ4v) is 2.85. The molecule has 9 heteroatoms. The van der Waals surface area contributed by atoms with E-state index in [1.807, 2.05) is 19.9 Å². The maximum atomic E-state index is 12.7. The Bertz CT molecular complexity index is 710. The molecule has 0 heterocycles. The minimum atomic E-state index is -1.17. The molecule has 0 saturated carbocycles. The second kappa shape index (κ2) is 12.1. The summed E-state index contributed by atoms with van der Waals surface area (Å²) < 4.78 is 4.51. The van der Waals surface area contributed by atoms with E-state index in [1.165, 1.54) is 7.11 Å². The maximum Gasteiger partial charge on any atom is 0.326 e. The maximum absolute atomic E-state index is 12.7. The van der Waals surface area contributed by atoms with Gasteiger partial charge in [-0.3, -0.25) is 14.4 Å². The van der Waals surface area contributed by atoms with Crippen LogP contribution in [0, 0.1) is 5.92 Å². The quantitative estimate of drug-likeness (QED) is 0.313. The Hall–Kier alpha value is -2.55. The largest absolute Gasteiger partial charge is 0.480 e. The van der Waals surface area contributed by atoms with E-state index >= 15 is 0 Å². The van der Waals surface area contributed by atoms with Crippen molar-refractivity contribution in [1.82, 2.24) is 10.6 Å². The average molecular weight is 425 g/mol. The molecule has 0 saturated heterocycles. The molecule has 1 aromatic carbocycles. The fourth-order valence-electron chi connectivity index (χ4n) is 2.63. The number of hydrogen-bond donors (Lipinski definition) is 4. The van der Waals surface area contributed by atoms with Gasteiger partial charge in [-0.2, -0.15) is 12.6 Å². The number of ether oxygens (including phenoxy) is 1. The van der Waals surface area contributed by atoms with E-state index in [-0.39, 0.29) is 18.8 Å². The number of carboxylic acid groups (broad SMARTS) is 1. The molecule has 1 unspecified atom stereocenters. The van der Waals surface area contributed by atoms with Gasteiger partial charge in [-0.1, -0.05) is 44.2 Å². The first-order chi connectivity index (χ1) is 13.6. The lowest BCUT2D eigenvalue weighted by Gasteiger charge is -2.24. The van der Waals surface area contributed by atoms with Crippen molar-refractivity contribution in [2.24, 2.45) is 5.92 Å². The van der Waals surface area contributed by atoms with Crippen LogP contribution in [-0.4, -0.2) is 53.3 Å². The highest BCUT2D eigenvalue weighted by atomic mass is 32.1. The number of hydrogen-bond acceptors (Lipinski definition) is 6. The average Bonchev–Trinajstić information content (AvgIpc) is 2.66. The number of carbonyl (C=O) groups excluding carboxylic acids is 3. The van der Waals surface area contributed by atoms with Crippen molar-refractivity contribution < 1.29 is 29.0 Å². The predicted molar refractivity (Wildman–Crippen MR) is 111 cm³/mol. The summed E-state index contributed by atoms with van der Waals surface area (Å²) in [5.74, 6) is -2.92.